The van der Waals surface area contributed by atoms with Gasteiger partial charge in [0.2, 0.25) is 0 Å². The van der Waals surface area contributed by atoms with Crippen molar-refractivity contribution < 1.29 is 25.2 Å². The summed E-state index contributed by atoms with van der Waals surface area (Å²) in [5, 5.41) is 41.8. The lowest BCUT2D eigenvalue weighted by Gasteiger charge is -2.59. The average molecular weight is 465 g/mol. The molecule has 5 fully saturated rings. The highest BCUT2D eigenvalue weighted by molar-refractivity contribution is 5.24. The van der Waals surface area contributed by atoms with Crippen molar-refractivity contribution in [1.82, 2.24) is 0 Å². The second-order valence-corrected chi connectivity index (χ2v) is 13.8. The zero-order valence-electron chi connectivity index (χ0n) is 21.5. The molecule has 0 radical (unpaired) electrons. The molecule has 1 spiro atoms. The molecule has 4 saturated carbocycles. The Labute approximate surface area is 200 Å². The van der Waals surface area contributed by atoms with E-state index in [1.54, 1.807) is 13.8 Å². The smallest absolute Gasteiger partial charge is 0.103 e. The molecule has 5 heteroatoms. The van der Waals surface area contributed by atoms with Gasteiger partial charge in [-0.15, -0.1) is 0 Å². The summed E-state index contributed by atoms with van der Waals surface area (Å²) in [6, 6.07) is 0. The Bertz CT molecular complexity index is 749. The fourth-order valence-electron chi connectivity index (χ4n) is 9.92. The van der Waals surface area contributed by atoms with E-state index in [9.17, 15) is 20.4 Å². The molecule has 5 nitrogen and oxygen atoms in total. The molecule has 0 aromatic rings. The van der Waals surface area contributed by atoms with E-state index in [0.717, 1.165) is 25.7 Å². The number of aliphatic hydroxyl groups excluding tert-OH is 3. The molecule has 0 aromatic carbocycles. The number of aliphatic hydroxyl groups is 4. The van der Waals surface area contributed by atoms with Gasteiger partial charge in [0.25, 0.3) is 0 Å². The highest BCUT2D eigenvalue weighted by atomic mass is 16.6. The van der Waals surface area contributed by atoms with Crippen molar-refractivity contribution in [1.29, 1.82) is 0 Å². The van der Waals surface area contributed by atoms with Gasteiger partial charge in [-0.3, -0.25) is 0 Å². The zero-order valence-corrected chi connectivity index (χ0v) is 21.5. The van der Waals surface area contributed by atoms with Crippen molar-refractivity contribution in [2.24, 2.45) is 46.3 Å². The summed E-state index contributed by atoms with van der Waals surface area (Å²) in [6.45, 7) is 10.5. The monoisotopic (exact) mass is 464 g/mol. The van der Waals surface area contributed by atoms with Gasteiger partial charge in [-0.25, -0.2) is 0 Å². The van der Waals surface area contributed by atoms with E-state index in [0.29, 0.717) is 36.2 Å². The molecule has 1 aliphatic heterocycles. The molecule has 0 amide bonds. The normalized spacial score (nSPS) is 51.5. The summed E-state index contributed by atoms with van der Waals surface area (Å²) in [6.07, 6.45) is 8.94. The van der Waals surface area contributed by atoms with E-state index in [1.165, 1.54) is 25.7 Å². The molecular weight excluding hydrogens is 416 g/mol. The Morgan fingerprint density at radius 1 is 1.06 bits per heavy atom. The predicted octanol–water partition coefficient (Wildman–Crippen LogP) is 3.90. The van der Waals surface area contributed by atoms with Gasteiger partial charge >= 0.3 is 0 Å². The second-order valence-electron chi connectivity index (χ2n) is 13.8. The molecule has 4 unspecified atom stereocenters. The van der Waals surface area contributed by atoms with Crippen LogP contribution in [-0.2, 0) is 4.74 Å². The molecule has 0 bridgehead atoms. The number of hydrogen-bond acceptors (Lipinski definition) is 5. The third kappa shape index (κ3) is 3.50. The third-order valence-electron chi connectivity index (χ3n) is 12.1. The van der Waals surface area contributed by atoms with Gasteiger partial charge in [0, 0.05) is 24.4 Å². The maximum Gasteiger partial charge on any atom is 0.103 e. The molecular formula is C28H48O5. The van der Waals surface area contributed by atoms with E-state index >= 15 is 0 Å². The molecule has 33 heavy (non-hydrogen) atoms. The van der Waals surface area contributed by atoms with Crippen molar-refractivity contribution in [3.63, 3.8) is 0 Å². The minimum absolute atomic E-state index is 0.0581. The Kier molecular flexibility index (Phi) is 5.86. The number of rotatable bonds is 6. The van der Waals surface area contributed by atoms with Crippen molar-refractivity contribution in [2.45, 2.75) is 122 Å². The molecule has 5 rings (SSSR count). The van der Waals surface area contributed by atoms with Crippen LogP contribution < -0.4 is 0 Å². The lowest BCUT2D eigenvalue weighted by Crippen LogP contribution is -2.58. The van der Waals surface area contributed by atoms with Gasteiger partial charge in [-0.1, -0.05) is 20.8 Å². The number of ether oxygens (including phenoxy) is 1. The van der Waals surface area contributed by atoms with E-state index in [-0.39, 0.29) is 41.0 Å². The van der Waals surface area contributed by atoms with Crippen LogP contribution in [0, 0.1) is 46.3 Å². The van der Waals surface area contributed by atoms with Gasteiger partial charge in [0.1, 0.15) is 5.60 Å². The molecule has 4 aliphatic carbocycles. The first-order valence-electron chi connectivity index (χ1n) is 13.7. The van der Waals surface area contributed by atoms with E-state index in [4.69, 9.17) is 4.74 Å². The minimum Gasteiger partial charge on any atom is -0.396 e. The van der Waals surface area contributed by atoms with Crippen molar-refractivity contribution in [2.75, 3.05) is 6.61 Å². The van der Waals surface area contributed by atoms with Gasteiger partial charge < -0.3 is 25.2 Å². The summed E-state index contributed by atoms with van der Waals surface area (Å²) in [5.74, 6) is 2.40. The van der Waals surface area contributed by atoms with Crippen LogP contribution in [0.1, 0.15) is 92.4 Å². The van der Waals surface area contributed by atoms with Crippen LogP contribution in [0.25, 0.3) is 0 Å². The summed E-state index contributed by atoms with van der Waals surface area (Å²) in [4.78, 5) is 0. The van der Waals surface area contributed by atoms with Crippen LogP contribution in [0.5, 0.6) is 0 Å². The Hall–Kier alpha value is -0.200. The molecule has 4 N–H and O–H groups in total. The van der Waals surface area contributed by atoms with Crippen LogP contribution in [0.3, 0.4) is 0 Å². The quantitative estimate of drug-likeness (QED) is 0.447. The van der Waals surface area contributed by atoms with E-state index in [2.05, 4.69) is 20.8 Å². The summed E-state index contributed by atoms with van der Waals surface area (Å²) in [7, 11) is 0. The topological polar surface area (TPSA) is 93.5 Å². The lowest BCUT2D eigenvalue weighted by atomic mass is 9.44. The Morgan fingerprint density at radius 3 is 2.45 bits per heavy atom. The predicted molar refractivity (Wildman–Crippen MR) is 127 cm³/mol. The molecule has 1 saturated heterocycles. The average Bonchev–Trinajstić information content (AvgIpc) is 3.31. The van der Waals surface area contributed by atoms with Crippen LogP contribution in [-0.4, -0.2) is 56.5 Å². The largest absolute Gasteiger partial charge is 0.396 e. The molecule has 1 heterocycles. The van der Waals surface area contributed by atoms with Gasteiger partial charge in [-0.05, 0) is 100 Å². The van der Waals surface area contributed by atoms with Crippen LogP contribution in [0.15, 0.2) is 0 Å². The fraction of sp³-hybridized carbons (Fsp3) is 1.00. The molecule has 5 aliphatic rings. The van der Waals surface area contributed by atoms with Gasteiger partial charge in [0.15, 0.2) is 0 Å². The Balaban J connectivity index is 1.33. The zero-order chi connectivity index (χ0) is 24.0. The minimum atomic E-state index is -0.989. The first kappa shape index (κ1) is 24.5. The van der Waals surface area contributed by atoms with Gasteiger partial charge in [0.05, 0.1) is 23.9 Å². The molecule has 12 atom stereocenters. The second kappa shape index (κ2) is 7.90. The summed E-state index contributed by atoms with van der Waals surface area (Å²) in [5.41, 5.74) is -0.606. The first-order chi connectivity index (χ1) is 15.4. The Morgan fingerprint density at radius 2 is 1.79 bits per heavy atom. The van der Waals surface area contributed by atoms with Gasteiger partial charge in [-0.2, -0.15) is 0 Å². The van der Waals surface area contributed by atoms with E-state index in [1.807, 2.05) is 0 Å². The highest BCUT2D eigenvalue weighted by Gasteiger charge is 2.76. The van der Waals surface area contributed by atoms with E-state index < -0.39 is 11.7 Å². The number of hydrogen-bond donors (Lipinski definition) is 4. The molecule has 190 valence electrons. The fourth-order valence-corrected chi connectivity index (χ4v) is 9.92. The van der Waals surface area contributed by atoms with Crippen LogP contribution in [0.2, 0.25) is 0 Å². The maximum absolute atomic E-state index is 11.2. The summed E-state index contributed by atoms with van der Waals surface area (Å²) >= 11 is 0. The first-order valence-corrected chi connectivity index (χ1v) is 13.7. The lowest BCUT2D eigenvalue weighted by molar-refractivity contribution is -0.121. The van der Waals surface area contributed by atoms with Crippen molar-refractivity contribution in [3.05, 3.63) is 0 Å². The molecule has 0 aromatic heterocycles. The standard InChI is InChI=1S/C28H48O5/c1-16(23(31)12-17(15-29)25(2,3)32)20-6-7-21-19-13-24-28(33-24)14-18(30)8-11-27(28,5)22(19)9-10-26(20,21)4/h16-24,29-32H,6-15H2,1-5H3/t16-,17?,18-,19?,20+,21?,22?,23+,24+,26+,27+,28+/m0/s1. The summed E-state index contributed by atoms with van der Waals surface area (Å²) < 4.78 is 6.47. The van der Waals surface area contributed by atoms with Crippen LogP contribution >= 0.6 is 0 Å². The maximum atomic E-state index is 11.2. The number of epoxide rings is 1. The van der Waals surface area contributed by atoms with Crippen molar-refractivity contribution >= 4 is 0 Å². The van der Waals surface area contributed by atoms with Crippen LogP contribution in [0.4, 0.5) is 0 Å². The number of fused-ring (bicyclic) bond motifs is 4. The SMILES string of the molecule is C[C@H]([C@H](O)CC(CO)C(C)(C)O)[C@H]1CCC2C3C[C@H]4O[C@]45C[C@@H](O)CC[C@]5(C)C3CC[C@@]21C. The third-order valence-corrected chi connectivity index (χ3v) is 12.1. The van der Waals surface area contributed by atoms with Crippen molar-refractivity contribution in [3.8, 4) is 0 Å². The highest BCUT2D eigenvalue weighted by Crippen LogP contribution is 2.74.